The number of methoxy groups -OCH3 is 1. The number of benzene rings is 1. The summed E-state index contributed by atoms with van der Waals surface area (Å²) >= 11 is 0. The highest BCUT2D eigenvalue weighted by Gasteiger charge is 2.12. The molecule has 0 saturated heterocycles. The number of nitrogens with zero attached hydrogens (tertiary/aromatic N) is 3. The normalized spacial score (nSPS) is 10.0. The van der Waals surface area contributed by atoms with Gasteiger partial charge in [0.1, 0.15) is 0 Å². The molecule has 3 aromatic rings. The van der Waals surface area contributed by atoms with Crippen molar-refractivity contribution in [1.29, 1.82) is 0 Å². The number of anilines is 3. The van der Waals surface area contributed by atoms with Crippen LogP contribution in [0.3, 0.4) is 0 Å². The summed E-state index contributed by atoms with van der Waals surface area (Å²) in [5.41, 5.74) is 1.34. The number of rotatable bonds is 5. The summed E-state index contributed by atoms with van der Waals surface area (Å²) in [6, 6.07) is 13.5. The van der Waals surface area contributed by atoms with E-state index in [0.29, 0.717) is 28.5 Å². The van der Waals surface area contributed by atoms with Gasteiger partial charge in [0.05, 0.1) is 23.9 Å². The summed E-state index contributed by atoms with van der Waals surface area (Å²) in [6.07, 6.45) is 3.05. The van der Waals surface area contributed by atoms with Crippen LogP contribution >= 0.6 is 0 Å². The van der Waals surface area contributed by atoms with Gasteiger partial charge in [-0.25, -0.2) is 4.79 Å². The number of ether oxygens (including phenoxy) is 1. The van der Waals surface area contributed by atoms with E-state index in [4.69, 9.17) is 4.74 Å². The van der Waals surface area contributed by atoms with Gasteiger partial charge in [-0.3, -0.25) is 9.78 Å². The van der Waals surface area contributed by atoms with Gasteiger partial charge in [0, 0.05) is 12.4 Å². The molecular weight excluding hydrogens is 334 g/mol. The molecular formula is C18H15N5O3. The van der Waals surface area contributed by atoms with Crippen molar-refractivity contribution in [3.05, 3.63) is 72.1 Å². The molecule has 2 N–H and O–H groups in total. The SMILES string of the molecule is COC(=O)c1ccccc1Nc1ccc(NC(=O)c2cccnc2)nn1. The van der Waals surface area contributed by atoms with Crippen molar-refractivity contribution in [2.24, 2.45) is 0 Å². The second-order valence-electron chi connectivity index (χ2n) is 5.16. The van der Waals surface area contributed by atoms with Crippen molar-refractivity contribution >= 4 is 29.2 Å². The molecule has 0 atom stereocenters. The summed E-state index contributed by atoms with van der Waals surface area (Å²) in [5.74, 6) is -0.0723. The Bertz CT molecular complexity index is 914. The van der Waals surface area contributed by atoms with E-state index in [-0.39, 0.29) is 5.91 Å². The molecule has 0 bridgehead atoms. The van der Waals surface area contributed by atoms with Gasteiger partial charge >= 0.3 is 5.97 Å². The minimum Gasteiger partial charge on any atom is -0.465 e. The Hall–Kier alpha value is -3.81. The van der Waals surface area contributed by atoms with Crippen LogP contribution < -0.4 is 10.6 Å². The van der Waals surface area contributed by atoms with Crippen LogP contribution in [0, 0.1) is 0 Å². The molecule has 8 heteroatoms. The van der Waals surface area contributed by atoms with E-state index in [1.165, 1.54) is 13.3 Å². The third-order valence-corrected chi connectivity index (χ3v) is 3.42. The molecule has 1 aromatic carbocycles. The molecule has 0 spiro atoms. The van der Waals surface area contributed by atoms with E-state index in [0.717, 1.165) is 0 Å². The Morgan fingerprint density at radius 2 is 1.73 bits per heavy atom. The van der Waals surface area contributed by atoms with Gasteiger partial charge in [0.2, 0.25) is 0 Å². The summed E-state index contributed by atoms with van der Waals surface area (Å²) in [5, 5.41) is 13.6. The van der Waals surface area contributed by atoms with Gasteiger partial charge < -0.3 is 15.4 Å². The molecule has 130 valence electrons. The minimum absolute atomic E-state index is 0.297. The zero-order valence-electron chi connectivity index (χ0n) is 13.8. The fourth-order valence-corrected chi connectivity index (χ4v) is 2.17. The number of carbonyl (C=O) groups is 2. The predicted octanol–water partition coefficient (Wildman–Crippen LogP) is 2.65. The van der Waals surface area contributed by atoms with E-state index in [2.05, 4.69) is 25.8 Å². The third-order valence-electron chi connectivity index (χ3n) is 3.42. The first-order chi connectivity index (χ1) is 12.7. The van der Waals surface area contributed by atoms with Crippen LogP contribution in [0.25, 0.3) is 0 Å². The number of pyridine rings is 1. The van der Waals surface area contributed by atoms with Crippen LogP contribution in [0.2, 0.25) is 0 Å². The highest BCUT2D eigenvalue weighted by atomic mass is 16.5. The number of hydrogen-bond donors (Lipinski definition) is 2. The topological polar surface area (TPSA) is 106 Å². The molecule has 0 aliphatic heterocycles. The maximum atomic E-state index is 12.1. The number of para-hydroxylation sites is 1. The number of aromatic nitrogens is 3. The van der Waals surface area contributed by atoms with E-state index in [1.807, 2.05) is 0 Å². The van der Waals surface area contributed by atoms with Crippen LogP contribution in [0.5, 0.6) is 0 Å². The molecule has 1 amide bonds. The second kappa shape index (κ2) is 7.84. The predicted molar refractivity (Wildman–Crippen MR) is 95.3 cm³/mol. The van der Waals surface area contributed by atoms with Crippen molar-refractivity contribution in [2.75, 3.05) is 17.7 Å². The first-order valence-corrected chi connectivity index (χ1v) is 7.67. The lowest BCUT2D eigenvalue weighted by Gasteiger charge is -2.10. The molecule has 8 nitrogen and oxygen atoms in total. The van der Waals surface area contributed by atoms with Crippen LogP contribution in [0.4, 0.5) is 17.3 Å². The quantitative estimate of drug-likeness (QED) is 0.682. The lowest BCUT2D eigenvalue weighted by atomic mass is 10.2. The second-order valence-corrected chi connectivity index (χ2v) is 5.16. The Labute approximate surface area is 149 Å². The van der Waals surface area contributed by atoms with E-state index >= 15 is 0 Å². The van der Waals surface area contributed by atoms with Crippen molar-refractivity contribution in [3.63, 3.8) is 0 Å². The lowest BCUT2D eigenvalue weighted by molar-refractivity contribution is 0.0601. The standard InChI is InChI=1S/C18H15N5O3/c1-26-18(25)13-6-2-3-7-14(13)20-15-8-9-16(23-22-15)21-17(24)12-5-4-10-19-11-12/h2-11H,1H3,(H,20,22)(H,21,23,24). The van der Waals surface area contributed by atoms with Crippen molar-refractivity contribution in [3.8, 4) is 0 Å². The van der Waals surface area contributed by atoms with Crippen LogP contribution in [0.1, 0.15) is 20.7 Å². The average molecular weight is 349 g/mol. The summed E-state index contributed by atoms with van der Waals surface area (Å²) < 4.78 is 4.75. The fraction of sp³-hybridized carbons (Fsp3) is 0.0556. The molecule has 2 heterocycles. The molecule has 0 unspecified atom stereocenters. The van der Waals surface area contributed by atoms with Crippen molar-refractivity contribution in [2.45, 2.75) is 0 Å². The molecule has 3 rings (SSSR count). The van der Waals surface area contributed by atoms with E-state index < -0.39 is 5.97 Å². The average Bonchev–Trinajstić information content (AvgIpc) is 2.70. The molecule has 0 saturated carbocycles. The van der Waals surface area contributed by atoms with Crippen molar-refractivity contribution < 1.29 is 14.3 Å². The van der Waals surface area contributed by atoms with Gasteiger partial charge in [-0.2, -0.15) is 0 Å². The number of amides is 1. The highest BCUT2D eigenvalue weighted by Crippen LogP contribution is 2.20. The Morgan fingerprint density at radius 3 is 2.42 bits per heavy atom. The van der Waals surface area contributed by atoms with E-state index in [1.54, 1.807) is 54.7 Å². The van der Waals surface area contributed by atoms with Gasteiger partial charge in [-0.15, -0.1) is 10.2 Å². The lowest BCUT2D eigenvalue weighted by Crippen LogP contribution is -2.13. The molecule has 0 radical (unpaired) electrons. The first-order valence-electron chi connectivity index (χ1n) is 7.67. The van der Waals surface area contributed by atoms with Crippen LogP contribution in [-0.2, 0) is 4.74 Å². The monoisotopic (exact) mass is 349 g/mol. The largest absolute Gasteiger partial charge is 0.465 e. The summed E-state index contributed by atoms with van der Waals surface area (Å²) in [6.45, 7) is 0. The molecule has 0 aliphatic rings. The fourth-order valence-electron chi connectivity index (χ4n) is 2.17. The maximum absolute atomic E-state index is 12.1. The van der Waals surface area contributed by atoms with Gasteiger partial charge in [0.25, 0.3) is 5.91 Å². The summed E-state index contributed by atoms with van der Waals surface area (Å²) in [7, 11) is 1.32. The van der Waals surface area contributed by atoms with Gasteiger partial charge in [0.15, 0.2) is 11.6 Å². The smallest absolute Gasteiger partial charge is 0.339 e. The van der Waals surface area contributed by atoms with Gasteiger partial charge in [-0.05, 0) is 36.4 Å². The van der Waals surface area contributed by atoms with Crippen molar-refractivity contribution in [1.82, 2.24) is 15.2 Å². The van der Waals surface area contributed by atoms with E-state index in [9.17, 15) is 9.59 Å². The number of carbonyl (C=O) groups excluding carboxylic acids is 2. The zero-order valence-corrected chi connectivity index (χ0v) is 13.8. The minimum atomic E-state index is -0.457. The third kappa shape index (κ3) is 3.99. The first kappa shape index (κ1) is 17.0. The van der Waals surface area contributed by atoms with Crippen LogP contribution in [-0.4, -0.2) is 34.2 Å². The highest BCUT2D eigenvalue weighted by molar-refractivity contribution is 6.03. The molecule has 2 aromatic heterocycles. The van der Waals surface area contributed by atoms with Gasteiger partial charge in [-0.1, -0.05) is 12.1 Å². The maximum Gasteiger partial charge on any atom is 0.339 e. The Balaban J connectivity index is 1.71. The number of hydrogen-bond acceptors (Lipinski definition) is 7. The Kier molecular flexibility index (Phi) is 5.14. The molecule has 26 heavy (non-hydrogen) atoms. The molecule has 0 aliphatic carbocycles. The Morgan fingerprint density at radius 1 is 0.962 bits per heavy atom. The zero-order chi connectivity index (χ0) is 18.4. The number of nitrogens with one attached hydrogen (secondary N) is 2. The van der Waals surface area contributed by atoms with Crippen LogP contribution in [0.15, 0.2) is 60.9 Å². The number of esters is 1. The summed E-state index contributed by atoms with van der Waals surface area (Å²) in [4.78, 5) is 27.7. The molecule has 0 fully saturated rings.